The lowest BCUT2D eigenvalue weighted by Gasteiger charge is -2.40. The van der Waals surface area contributed by atoms with Gasteiger partial charge in [0.2, 0.25) is 0 Å². The highest BCUT2D eigenvalue weighted by Crippen LogP contribution is 2.37. The van der Waals surface area contributed by atoms with E-state index in [1.54, 1.807) is 0 Å². The Morgan fingerprint density at radius 1 is 1.20 bits per heavy atom. The van der Waals surface area contributed by atoms with Crippen LogP contribution in [0.15, 0.2) is 18.2 Å². The summed E-state index contributed by atoms with van der Waals surface area (Å²) in [5.41, 5.74) is -1.89. The number of nitrogens with zero attached hydrogens (tertiary/aromatic N) is 3. The average molecular weight is 371 g/mol. The van der Waals surface area contributed by atoms with E-state index >= 15 is 0 Å². The molecule has 0 radical (unpaired) electrons. The Kier molecular flexibility index (Phi) is 5.17. The van der Waals surface area contributed by atoms with Crippen LogP contribution in [0, 0.1) is 10.1 Å². The normalized spacial score (nSPS) is 20.0. The van der Waals surface area contributed by atoms with Crippen LogP contribution in [-0.4, -0.2) is 48.2 Å². The van der Waals surface area contributed by atoms with Gasteiger partial charge in [-0.2, -0.15) is 26.3 Å². The zero-order valence-electron chi connectivity index (χ0n) is 13.1. The fourth-order valence-corrected chi connectivity index (χ4v) is 2.79. The van der Waals surface area contributed by atoms with Gasteiger partial charge in [-0.15, -0.1) is 0 Å². The highest BCUT2D eigenvalue weighted by Gasteiger charge is 2.37. The van der Waals surface area contributed by atoms with Crippen molar-refractivity contribution in [2.45, 2.75) is 25.3 Å². The van der Waals surface area contributed by atoms with E-state index in [2.05, 4.69) is 0 Å². The number of rotatable bonds is 3. The highest BCUT2D eigenvalue weighted by molar-refractivity contribution is 5.65. The third-order valence-corrected chi connectivity index (χ3v) is 3.99. The summed E-state index contributed by atoms with van der Waals surface area (Å²) in [6.07, 6.45) is -9.08. The lowest BCUT2D eigenvalue weighted by atomic mass is 10.1. The molecule has 140 valence electrons. The first-order valence-electron chi connectivity index (χ1n) is 7.30. The molecule has 1 unspecified atom stereocenters. The van der Waals surface area contributed by atoms with E-state index in [0.29, 0.717) is 6.07 Å². The molecule has 1 heterocycles. The average Bonchev–Trinajstić information content (AvgIpc) is 2.46. The summed E-state index contributed by atoms with van der Waals surface area (Å²) in [5.74, 6) is 0. The molecule has 1 aliphatic heterocycles. The third-order valence-electron chi connectivity index (χ3n) is 3.99. The van der Waals surface area contributed by atoms with Crippen LogP contribution in [0.2, 0.25) is 0 Å². The number of anilines is 1. The van der Waals surface area contributed by atoms with Crippen molar-refractivity contribution in [3.8, 4) is 0 Å². The smallest absolute Gasteiger partial charge is 0.363 e. The van der Waals surface area contributed by atoms with Gasteiger partial charge < -0.3 is 4.90 Å². The minimum atomic E-state index is -4.72. The minimum Gasteiger partial charge on any atom is -0.363 e. The largest absolute Gasteiger partial charge is 0.416 e. The fourth-order valence-electron chi connectivity index (χ4n) is 2.79. The summed E-state index contributed by atoms with van der Waals surface area (Å²) in [7, 11) is 0. The van der Waals surface area contributed by atoms with Crippen LogP contribution < -0.4 is 4.90 Å². The van der Waals surface area contributed by atoms with Crippen molar-refractivity contribution in [3.63, 3.8) is 0 Å². The number of piperazine rings is 1. The number of hydrogen-bond acceptors (Lipinski definition) is 4. The molecule has 0 spiro atoms. The van der Waals surface area contributed by atoms with Crippen molar-refractivity contribution in [3.05, 3.63) is 33.9 Å². The van der Waals surface area contributed by atoms with E-state index in [1.807, 2.05) is 0 Å². The first-order chi connectivity index (χ1) is 11.4. The summed E-state index contributed by atoms with van der Waals surface area (Å²) in [6, 6.07) is 1.61. The lowest BCUT2D eigenvalue weighted by Crippen LogP contribution is -2.54. The summed E-state index contributed by atoms with van der Waals surface area (Å²) >= 11 is 0. The topological polar surface area (TPSA) is 49.6 Å². The number of hydrogen-bond donors (Lipinski definition) is 0. The van der Waals surface area contributed by atoms with Crippen molar-refractivity contribution in [1.29, 1.82) is 0 Å². The van der Waals surface area contributed by atoms with Crippen molar-refractivity contribution < 1.29 is 31.3 Å². The van der Waals surface area contributed by atoms with E-state index in [4.69, 9.17) is 0 Å². The van der Waals surface area contributed by atoms with Gasteiger partial charge in [0.1, 0.15) is 5.69 Å². The zero-order valence-corrected chi connectivity index (χ0v) is 13.1. The maximum atomic E-state index is 12.7. The standard InChI is InChI=1S/C14H15F6N3O2/c1-9-7-21(4-5-22(9)8-13(15,16)17)11-3-2-10(14(18,19)20)6-12(11)23(24)25/h2-3,6,9H,4-5,7-8H2,1H3. The molecule has 1 fully saturated rings. The van der Waals surface area contributed by atoms with Crippen LogP contribution in [0.3, 0.4) is 0 Å². The van der Waals surface area contributed by atoms with E-state index in [1.165, 1.54) is 16.7 Å². The summed E-state index contributed by atoms with van der Waals surface area (Å²) < 4.78 is 75.7. The molecule has 11 heteroatoms. The van der Waals surface area contributed by atoms with Crippen molar-refractivity contribution in [2.24, 2.45) is 0 Å². The van der Waals surface area contributed by atoms with Gasteiger partial charge in [-0.1, -0.05) is 0 Å². The Labute approximate surface area is 139 Å². The predicted molar refractivity (Wildman–Crippen MR) is 77.4 cm³/mol. The van der Waals surface area contributed by atoms with Gasteiger partial charge in [0.25, 0.3) is 5.69 Å². The molecular weight excluding hydrogens is 356 g/mol. The predicted octanol–water partition coefficient (Wildman–Crippen LogP) is 3.69. The second kappa shape index (κ2) is 6.70. The second-order valence-electron chi connectivity index (χ2n) is 5.84. The van der Waals surface area contributed by atoms with Gasteiger partial charge in [0.15, 0.2) is 0 Å². The molecule has 1 aromatic carbocycles. The van der Waals surface area contributed by atoms with Crippen LogP contribution in [0.4, 0.5) is 37.7 Å². The molecule has 25 heavy (non-hydrogen) atoms. The fraction of sp³-hybridized carbons (Fsp3) is 0.571. The number of alkyl halides is 6. The van der Waals surface area contributed by atoms with Crippen LogP contribution in [-0.2, 0) is 6.18 Å². The quantitative estimate of drug-likeness (QED) is 0.462. The van der Waals surface area contributed by atoms with Crippen molar-refractivity contribution in [1.82, 2.24) is 4.90 Å². The highest BCUT2D eigenvalue weighted by atomic mass is 19.4. The van der Waals surface area contributed by atoms with Gasteiger partial charge in [-0.3, -0.25) is 15.0 Å². The molecule has 2 rings (SSSR count). The minimum absolute atomic E-state index is 0.00114. The number of halogens is 6. The van der Waals surface area contributed by atoms with Crippen LogP contribution in [0.25, 0.3) is 0 Å². The van der Waals surface area contributed by atoms with Crippen molar-refractivity contribution >= 4 is 11.4 Å². The van der Waals surface area contributed by atoms with E-state index in [9.17, 15) is 36.5 Å². The van der Waals surface area contributed by atoms with Gasteiger partial charge >= 0.3 is 12.4 Å². The third kappa shape index (κ3) is 4.74. The van der Waals surface area contributed by atoms with E-state index in [0.717, 1.165) is 12.1 Å². The van der Waals surface area contributed by atoms with Gasteiger partial charge in [0.05, 0.1) is 17.0 Å². The molecular formula is C14H15F6N3O2. The van der Waals surface area contributed by atoms with Crippen LogP contribution in [0.5, 0.6) is 0 Å². The second-order valence-corrected chi connectivity index (χ2v) is 5.84. The molecule has 0 bridgehead atoms. The maximum Gasteiger partial charge on any atom is 0.416 e. The van der Waals surface area contributed by atoms with Crippen LogP contribution >= 0.6 is 0 Å². The Morgan fingerprint density at radius 2 is 1.84 bits per heavy atom. The molecule has 1 aliphatic rings. The number of nitro benzene ring substituents is 1. The zero-order chi connectivity index (χ0) is 19.0. The Morgan fingerprint density at radius 3 is 2.32 bits per heavy atom. The molecule has 0 aliphatic carbocycles. The molecule has 0 aromatic heterocycles. The summed E-state index contributed by atoms with van der Waals surface area (Å²) in [5, 5.41) is 11.1. The SMILES string of the molecule is CC1CN(c2ccc(C(F)(F)F)cc2[N+](=O)[O-])CCN1CC(F)(F)F. The Bertz CT molecular complexity index is 646. The molecule has 5 nitrogen and oxygen atoms in total. The Hall–Kier alpha value is -2.04. The summed E-state index contributed by atoms with van der Waals surface area (Å²) in [6.45, 7) is 0.526. The number of benzene rings is 1. The maximum absolute atomic E-state index is 12.7. The van der Waals surface area contributed by atoms with Gasteiger partial charge in [-0.05, 0) is 19.1 Å². The first kappa shape index (κ1) is 19.3. The molecule has 1 saturated heterocycles. The van der Waals surface area contributed by atoms with Gasteiger partial charge in [0, 0.05) is 31.7 Å². The molecule has 0 saturated carbocycles. The number of nitro groups is 1. The van der Waals surface area contributed by atoms with E-state index < -0.39 is 41.1 Å². The van der Waals surface area contributed by atoms with E-state index in [-0.39, 0.29) is 25.3 Å². The molecule has 1 aromatic rings. The van der Waals surface area contributed by atoms with Crippen LogP contribution in [0.1, 0.15) is 12.5 Å². The lowest BCUT2D eigenvalue weighted by molar-refractivity contribution is -0.384. The molecule has 1 atom stereocenters. The van der Waals surface area contributed by atoms with Crippen molar-refractivity contribution in [2.75, 3.05) is 31.1 Å². The van der Waals surface area contributed by atoms with Gasteiger partial charge in [-0.25, -0.2) is 0 Å². The molecule has 0 amide bonds. The Balaban J connectivity index is 2.24. The summed E-state index contributed by atoms with van der Waals surface area (Å²) in [4.78, 5) is 12.8. The monoisotopic (exact) mass is 371 g/mol. The first-order valence-corrected chi connectivity index (χ1v) is 7.30. The molecule has 0 N–H and O–H groups in total.